The Morgan fingerprint density at radius 2 is 1.71 bits per heavy atom. The number of sulfonamides is 1. The fourth-order valence-electron chi connectivity index (χ4n) is 2.10. The van der Waals surface area contributed by atoms with Crippen molar-refractivity contribution in [3.8, 4) is 5.75 Å². The molecule has 3 N–H and O–H groups in total. The lowest BCUT2D eigenvalue weighted by Gasteiger charge is -2.15. The third-order valence-corrected chi connectivity index (χ3v) is 4.41. The second kappa shape index (κ2) is 7.46. The van der Waals surface area contributed by atoms with Crippen LogP contribution in [0.5, 0.6) is 5.75 Å². The molecule has 0 aromatic heterocycles. The Bertz CT molecular complexity index is 799. The average Bonchev–Trinajstić information content (AvgIpc) is 2.53. The van der Waals surface area contributed by atoms with Gasteiger partial charge in [-0.1, -0.05) is 29.8 Å². The minimum absolute atomic E-state index is 0.0347. The second-order valence-electron chi connectivity index (χ2n) is 5.50. The molecule has 24 heavy (non-hydrogen) atoms. The Hall–Kier alpha value is -2.38. The molecule has 0 heterocycles. The number of primary sulfonamides is 1. The topological polar surface area (TPSA) is 98.5 Å². The van der Waals surface area contributed by atoms with Crippen molar-refractivity contribution in [3.63, 3.8) is 0 Å². The SMILES string of the molecule is Cc1ccc(OCC(=O)NC(C)c2ccc(S(N)(=O)=O)cc2)cc1. The number of nitrogens with one attached hydrogen (secondary N) is 1. The van der Waals surface area contributed by atoms with Gasteiger partial charge in [-0.3, -0.25) is 4.79 Å². The molecule has 1 atom stereocenters. The van der Waals surface area contributed by atoms with Crippen LogP contribution in [-0.2, 0) is 14.8 Å². The Labute approximate surface area is 141 Å². The van der Waals surface area contributed by atoms with Gasteiger partial charge < -0.3 is 10.1 Å². The summed E-state index contributed by atoms with van der Waals surface area (Å²) in [6.45, 7) is 3.68. The predicted molar refractivity (Wildman–Crippen MR) is 91.0 cm³/mol. The maximum atomic E-state index is 11.9. The summed E-state index contributed by atoms with van der Waals surface area (Å²) in [5, 5.41) is 7.85. The van der Waals surface area contributed by atoms with Crippen molar-refractivity contribution < 1.29 is 17.9 Å². The van der Waals surface area contributed by atoms with Gasteiger partial charge in [-0.05, 0) is 43.7 Å². The van der Waals surface area contributed by atoms with E-state index in [0.717, 1.165) is 11.1 Å². The lowest BCUT2D eigenvalue weighted by atomic mass is 10.1. The summed E-state index contributed by atoms with van der Waals surface area (Å²) in [5.41, 5.74) is 1.88. The molecule has 1 amide bonds. The summed E-state index contributed by atoms with van der Waals surface area (Å²) >= 11 is 0. The van der Waals surface area contributed by atoms with E-state index in [-0.39, 0.29) is 23.5 Å². The van der Waals surface area contributed by atoms with Crippen LogP contribution in [0, 0.1) is 6.92 Å². The number of aryl methyl sites for hydroxylation is 1. The van der Waals surface area contributed by atoms with Gasteiger partial charge in [0.15, 0.2) is 6.61 Å². The highest BCUT2D eigenvalue weighted by molar-refractivity contribution is 7.89. The van der Waals surface area contributed by atoms with Gasteiger partial charge in [0.2, 0.25) is 10.0 Å². The summed E-state index contributed by atoms with van der Waals surface area (Å²) < 4.78 is 27.9. The van der Waals surface area contributed by atoms with E-state index in [1.54, 1.807) is 31.2 Å². The summed E-state index contributed by atoms with van der Waals surface area (Å²) in [6.07, 6.45) is 0. The highest BCUT2D eigenvalue weighted by Crippen LogP contribution is 2.16. The lowest BCUT2D eigenvalue weighted by Crippen LogP contribution is -2.31. The van der Waals surface area contributed by atoms with Crippen LogP contribution in [0.4, 0.5) is 0 Å². The van der Waals surface area contributed by atoms with Crippen LogP contribution in [0.2, 0.25) is 0 Å². The first-order chi connectivity index (χ1) is 11.3. The normalized spacial score (nSPS) is 12.5. The Balaban J connectivity index is 1.90. The molecule has 0 spiro atoms. The monoisotopic (exact) mass is 348 g/mol. The molecule has 0 aliphatic carbocycles. The van der Waals surface area contributed by atoms with E-state index in [4.69, 9.17) is 9.88 Å². The van der Waals surface area contributed by atoms with Gasteiger partial charge in [0.25, 0.3) is 5.91 Å². The fourth-order valence-corrected chi connectivity index (χ4v) is 2.61. The van der Waals surface area contributed by atoms with Crippen LogP contribution in [0.3, 0.4) is 0 Å². The number of carbonyl (C=O) groups is 1. The summed E-state index contributed by atoms with van der Waals surface area (Å²) in [5.74, 6) is 0.361. The van der Waals surface area contributed by atoms with Crippen molar-refractivity contribution in [1.29, 1.82) is 0 Å². The molecule has 6 nitrogen and oxygen atoms in total. The molecule has 1 unspecified atom stereocenters. The van der Waals surface area contributed by atoms with Crippen LogP contribution < -0.4 is 15.2 Å². The van der Waals surface area contributed by atoms with E-state index in [0.29, 0.717) is 5.75 Å². The van der Waals surface area contributed by atoms with Gasteiger partial charge in [-0.25, -0.2) is 13.6 Å². The maximum Gasteiger partial charge on any atom is 0.258 e. The standard InChI is InChI=1S/C17H20N2O4S/c1-12-3-7-15(8-4-12)23-11-17(20)19-13(2)14-5-9-16(10-6-14)24(18,21)22/h3-10,13H,11H2,1-2H3,(H,19,20)(H2,18,21,22). The zero-order chi connectivity index (χ0) is 17.7. The number of rotatable bonds is 6. The molecule has 2 aromatic carbocycles. The van der Waals surface area contributed by atoms with Crippen molar-refractivity contribution >= 4 is 15.9 Å². The fraction of sp³-hybridized carbons (Fsp3) is 0.235. The average molecular weight is 348 g/mol. The molecule has 0 bridgehead atoms. The van der Waals surface area contributed by atoms with Gasteiger partial charge in [-0.15, -0.1) is 0 Å². The van der Waals surface area contributed by atoms with Crippen LogP contribution in [0.1, 0.15) is 24.1 Å². The number of ether oxygens (including phenoxy) is 1. The smallest absolute Gasteiger partial charge is 0.258 e. The third-order valence-electron chi connectivity index (χ3n) is 3.48. The molecule has 0 saturated heterocycles. The first-order valence-corrected chi connectivity index (χ1v) is 8.92. The van der Waals surface area contributed by atoms with Crippen molar-refractivity contribution in [3.05, 3.63) is 59.7 Å². The first-order valence-electron chi connectivity index (χ1n) is 7.37. The molecule has 128 valence electrons. The second-order valence-corrected chi connectivity index (χ2v) is 7.07. The molecule has 0 aliphatic heterocycles. The molecule has 0 aliphatic rings. The van der Waals surface area contributed by atoms with Gasteiger partial charge in [0.1, 0.15) is 5.75 Å². The quantitative estimate of drug-likeness (QED) is 0.833. The van der Waals surface area contributed by atoms with E-state index in [1.807, 2.05) is 19.1 Å². The van der Waals surface area contributed by atoms with E-state index in [1.165, 1.54) is 12.1 Å². The van der Waals surface area contributed by atoms with E-state index < -0.39 is 10.0 Å². The highest BCUT2D eigenvalue weighted by Gasteiger charge is 2.12. The summed E-state index contributed by atoms with van der Waals surface area (Å²) in [6, 6.07) is 13.2. The van der Waals surface area contributed by atoms with Crippen molar-refractivity contribution in [2.45, 2.75) is 24.8 Å². The molecule has 2 rings (SSSR count). The van der Waals surface area contributed by atoms with Gasteiger partial charge in [0, 0.05) is 0 Å². The molecule has 0 saturated carbocycles. The maximum absolute atomic E-state index is 11.9. The Morgan fingerprint density at radius 1 is 1.12 bits per heavy atom. The van der Waals surface area contributed by atoms with Crippen LogP contribution in [0.25, 0.3) is 0 Å². The Morgan fingerprint density at radius 3 is 2.25 bits per heavy atom. The number of nitrogens with two attached hydrogens (primary N) is 1. The summed E-state index contributed by atoms with van der Waals surface area (Å²) in [4.78, 5) is 12.0. The zero-order valence-corrected chi connectivity index (χ0v) is 14.3. The van der Waals surface area contributed by atoms with Crippen LogP contribution in [0.15, 0.2) is 53.4 Å². The van der Waals surface area contributed by atoms with Crippen LogP contribution >= 0.6 is 0 Å². The van der Waals surface area contributed by atoms with E-state index in [2.05, 4.69) is 5.32 Å². The predicted octanol–water partition coefficient (Wildman–Crippen LogP) is 1.90. The number of hydrogen-bond acceptors (Lipinski definition) is 4. The molecule has 0 fully saturated rings. The first kappa shape index (κ1) is 18.0. The number of benzene rings is 2. The third kappa shape index (κ3) is 5.07. The van der Waals surface area contributed by atoms with Gasteiger partial charge in [0.05, 0.1) is 10.9 Å². The van der Waals surface area contributed by atoms with Crippen molar-refractivity contribution in [2.24, 2.45) is 5.14 Å². The number of carbonyl (C=O) groups excluding carboxylic acids is 1. The minimum Gasteiger partial charge on any atom is -0.484 e. The number of hydrogen-bond donors (Lipinski definition) is 2. The summed E-state index contributed by atoms with van der Waals surface area (Å²) in [7, 11) is -3.72. The van der Waals surface area contributed by atoms with Crippen molar-refractivity contribution in [2.75, 3.05) is 6.61 Å². The highest BCUT2D eigenvalue weighted by atomic mass is 32.2. The van der Waals surface area contributed by atoms with E-state index in [9.17, 15) is 13.2 Å². The minimum atomic E-state index is -3.72. The largest absolute Gasteiger partial charge is 0.484 e. The Kier molecular flexibility index (Phi) is 5.58. The van der Waals surface area contributed by atoms with Crippen LogP contribution in [-0.4, -0.2) is 20.9 Å². The van der Waals surface area contributed by atoms with Crippen molar-refractivity contribution in [1.82, 2.24) is 5.32 Å². The zero-order valence-electron chi connectivity index (χ0n) is 13.5. The lowest BCUT2D eigenvalue weighted by molar-refractivity contribution is -0.123. The number of amides is 1. The molecule has 7 heteroatoms. The molecule has 0 radical (unpaired) electrons. The molecular formula is C17H20N2O4S. The van der Waals surface area contributed by atoms with Gasteiger partial charge >= 0.3 is 0 Å². The molecular weight excluding hydrogens is 328 g/mol. The van der Waals surface area contributed by atoms with Gasteiger partial charge in [-0.2, -0.15) is 0 Å². The van der Waals surface area contributed by atoms with E-state index >= 15 is 0 Å². The molecule has 2 aromatic rings.